The lowest BCUT2D eigenvalue weighted by atomic mass is 10.0. The minimum atomic E-state index is -0.128. The number of rotatable bonds is 0. The number of para-hydroxylation sites is 1. The van der Waals surface area contributed by atoms with Gasteiger partial charge in [-0.3, -0.25) is 15.0 Å². The summed E-state index contributed by atoms with van der Waals surface area (Å²) >= 11 is 0. The summed E-state index contributed by atoms with van der Waals surface area (Å²) in [6, 6.07) is 7.46. The third kappa shape index (κ3) is 1.39. The molecule has 17 heavy (non-hydrogen) atoms. The topological polar surface area (TPSA) is 52.7 Å². The number of carbonyl (C=O) groups excluding carboxylic acids is 2. The van der Waals surface area contributed by atoms with Crippen LogP contribution in [-0.4, -0.2) is 30.0 Å². The van der Waals surface area contributed by atoms with Gasteiger partial charge in [0, 0.05) is 13.5 Å². The molecule has 0 spiro atoms. The van der Waals surface area contributed by atoms with Gasteiger partial charge in [0.05, 0.1) is 11.3 Å². The minimum Gasteiger partial charge on any atom is -0.352 e. The van der Waals surface area contributed by atoms with E-state index in [0.717, 1.165) is 5.69 Å². The molecule has 0 saturated carbocycles. The van der Waals surface area contributed by atoms with Crippen molar-refractivity contribution in [2.24, 2.45) is 0 Å². The molecule has 1 aromatic carbocycles. The second-order valence-electron chi connectivity index (χ2n) is 4.36. The van der Waals surface area contributed by atoms with Crippen LogP contribution in [0.3, 0.4) is 0 Å². The summed E-state index contributed by atoms with van der Waals surface area (Å²) < 4.78 is 0. The summed E-state index contributed by atoms with van der Waals surface area (Å²) in [5.74, 6) is -0.223. The van der Waals surface area contributed by atoms with Gasteiger partial charge in [0.25, 0.3) is 5.91 Å². The maximum absolute atomic E-state index is 12.2. The summed E-state index contributed by atoms with van der Waals surface area (Å²) in [7, 11) is 1.94. The highest BCUT2D eigenvalue weighted by Gasteiger charge is 2.39. The lowest BCUT2D eigenvalue weighted by Crippen LogP contribution is -2.63. The second-order valence-corrected chi connectivity index (χ2v) is 4.36. The highest BCUT2D eigenvalue weighted by atomic mass is 16.2. The summed E-state index contributed by atoms with van der Waals surface area (Å²) in [5, 5.41) is 1.44. The summed E-state index contributed by atoms with van der Waals surface area (Å²) in [6.07, 6.45) is 1.05. The largest absolute Gasteiger partial charge is 0.352 e. The van der Waals surface area contributed by atoms with Gasteiger partial charge >= 0.3 is 0 Å². The highest BCUT2D eigenvalue weighted by molar-refractivity contribution is 6.03. The van der Waals surface area contributed by atoms with Crippen molar-refractivity contribution in [2.45, 2.75) is 19.0 Å². The molecule has 1 fully saturated rings. The fourth-order valence-electron chi connectivity index (χ4n) is 2.46. The third-order valence-corrected chi connectivity index (χ3v) is 3.35. The molecular formula is C12H13N3O2. The summed E-state index contributed by atoms with van der Waals surface area (Å²) in [5.41, 5.74) is 4.20. The number of hydrazine groups is 1. The molecule has 1 saturated heterocycles. The lowest BCUT2D eigenvalue weighted by molar-refractivity contribution is -0.129. The number of anilines is 1. The van der Waals surface area contributed by atoms with Gasteiger partial charge < -0.3 is 4.90 Å². The smallest absolute Gasteiger partial charge is 0.276 e. The standard InChI is InChI=1S/C12H13N3O2/c1-14-9-5-3-2-4-8(9)12(17)15-11(14)7-6-10(16)13-15/h2-5,11H,6-7H2,1H3,(H,13,16). The van der Waals surface area contributed by atoms with Gasteiger partial charge in [-0.1, -0.05) is 12.1 Å². The minimum absolute atomic E-state index is 0.0740. The van der Waals surface area contributed by atoms with E-state index in [4.69, 9.17) is 0 Å². The van der Waals surface area contributed by atoms with Crippen molar-refractivity contribution < 1.29 is 9.59 Å². The monoisotopic (exact) mass is 231 g/mol. The zero-order chi connectivity index (χ0) is 12.0. The predicted molar refractivity (Wildman–Crippen MR) is 62.2 cm³/mol. The van der Waals surface area contributed by atoms with Crippen LogP contribution in [0.15, 0.2) is 24.3 Å². The molecule has 5 heteroatoms. The first-order valence-corrected chi connectivity index (χ1v) is 5.63. The maximum Gasteiger partial charge on any atom is 0.276 e. The van der Waals surface area contributed by atoms with Crippen molar-refractivity contribution in [3.05, 3.63) is 29.8 Å². The molecule has 0 radical (unpaired) electrons. The molecule has 0 aromatic heterocycles. The van der Waals surface area contributed by atoms with Crippen LogP contribution < -0.4 is 10.3 Å². The van der Waals surface area contributed by atoms with Crippen LogP contribution in [0.1, 0.15) is 23.2 Å². The fourth-order valence-corrected chi connectivity index (χ4v) is 2.46. The first-order valence-electron chi connectivity index (χ1n) is 5.63. The normalized spacial score (nSPS) is 23.0. The zero-order valence-electron chi connectivity index (χ0n) is 9.51. The number of fused-ring (bicyclic) bond motifs is 2. The molecule has 2 heterocycles. The molecule has 2 aliphatic rings. The molecule has 1 unspecified atom stereocenters. The Kier molecular flexibility index (Phi) is 2.07. The van der Waals surface area contributed by atoms with E-state index in [9.17, 15) is 9.59 Å². The van der Waals surface area contributed by atoms with E-state index in [1.165, 1.54) is 5.01 Å². The van der Waals surface area contributed by atoms with Gasteiger partial charge in [-0.2, -0.15) is 0 Å². The Morgan fingerprint density at radius 1 is 1.29 bits per heavy atom. The van der Waals surface area contributed by atoms with Crippen molar-refractivity contribution in [1.82, 2.24) is 10.4 Å². The van der Waals surface area contributed by atoms with Crippen LogP contribution in [0.4, 0.5) is 5.69 Å². The Labute approximate surface area is 99.0 Å². The highest BCUT2D eigenvalue weighted by Crippen LogP contribution is 2.31. The van der Waals surface area contributed by atoms with Gasteiger partial charge in [0.15, 0.2) is 0 Å². The zero-order valence-corrected chi connectivity index (χ0v) is 9.51. The van der Waals surface area contributed by atoms with Crippen LogP contribution in [0.25, 0.3) is 0 Å². The Bertz CT molecular complexity index is 500. The van der Waals surface area contributed by atoms with Crippen LogP contribution in [0, 0.1) is 0 Å². The van der Waals surface area contributed by atoms with E-state index in [1.807, 2.05) is 30.1 Å². The van der Waals surface area contributed by atoms with E-state index < -0.39 is 0 Å². The Morgan fingerprint density at radius 2 is 2.06 bits per heavy atom. The number of hydrogen-bond donors (Lipinski definition) is 1. The van der Waals surface area contributed by atoms with Gasteiger partial charge in [-0.25, -0.2) is 5.01 Å². The number of benzene rings is 1. The molecule has 1 aromatic rings. The molecule has 0 bridgehead atoms. The molecule has 0 aliphatic carbocycles. The van der Waals surface area contributed by atoms with Crippen molar-refractivity contribution in [3.8, 4) is 0 Å². The van der Waals surface area contributed by atoms with E-state index in [2.05, 4.69) is 5.43 Å². The third-order valence-electron chi connectivity index (χ3n) is 3.35. The molecule has 1 N–H and O–H groups in total. The van der Waals surface area contributed by atoms with Crippen molar-refractivity contribution >= 4 is 17.5 Å². The molecule has 88 valence electrons. The average Bonchev–Trinajstić information content (AvgIpc) is 2.36. The van der Waals surface area contributed by atoms with Gasteiger partial charge in [0.2, 0.25) is 5.91 Å². The van der Waals surface area contributed by atoms with Gasteiger partial charge in [-0.05, 0) is 18.6 Å². The van der Waals surface area contributed by atoms with Gasteiger partial charge in [-0.15, -0.1) is 0 Å². The molecule has 2 aliphatic heterocycles. The molecule has 5 nitrogen and oxygen atoms in total. The Hall–Kier alpha value is -2.04. The van der Waals surface area contributed by atoms with Crippen LogP contribution in [0.5, 0.6) is 0 Å². The first-order chi connectivity index (χ1) is 8.18. The van der Waals surface area contributed by atoms with Crippen molar-refractivity contribution in [2.75, 3.05) is 11.9 Å². The van der Waals surface area contributed by atoms with Crippen molar-refractivity contribution in [1.29, 1.82) is 0 Å². The Morgan fingerprint density at radius 3 is 2.88 bits per heavy atom. The number of amides is 2. The van der Waals surface area contributed by atoms with E-state index in [0.29, 0.717) is 18.4 Å². The maximum atomic E-state index is 12.2. The number of nitrogens with one attached hydrogen (secondary N) is 1. The Balaban J connectivity index is 2.08. The molecule has 2 amide bonds. The van der Waals surface area contributed by atoms with E-state index >= 15 is 0 Å². The summed E-state index contributed by atoms with van der Waals surface area (Å²) in [6.45, 7) is 0. The quantitative estimate of drug-likeness (QED) is 0.716. The number of nitrogens with zero attached hydrogens (tertiary/aromatic N) is 2. The van der Waals surface area contributed by atoms with Gasteiger partial charge in [0.1, 0.15) is 6.17 Å². The fraction of sp³-hybridized carbons (Fsp3) is 0.333. The second kappa shape index (κ2) is 3.48. The van der Waals surface area contributed by atoms with E-state index in [1.54, 1.807) is 6.07 Å². The first kappa shape index (κ1) is 10.1. The number of carbonyl (C=O) groups is 2. The lowest BCUT2D eigenvalue weighted by Gasteiger charge is -2.45. The molecular weight excluding hydrogens is 218 g/mol. The molecule has 1 atom stereocenters. The summed E-state index contributed by atoms with van der Waals surface area (Å²) in [4.78, 5) is 25.6. The van der Waals surface area contributed by atoms with Crippen molar-refractivity contribution in [3.63, 3.8) is 0 Å². The average molecular weight is 231 g/mol. The number of hydrogen-bond acceptors (Lipinski definition) is 3. The molecule has 3 rings (SSSR count). The van der Waals surface area contributed by atoms with E-state index in [-0.39, 0.29) is 18.0 Å². The SMILES string of the molecule is CN1c2ccccc2C(=O)N2NC(=O)CCC21. The van der Waals surface area contributed by atoms with Crippen LogP contribution in [-0.2, 0) is 4.79 Å². The van der Waals surface area contributed by atoms with Crippen LogP contribution >= 0.6 is 0 Å². The van der Waals surface area contributed by atoms with Crippen LogP contribution in [0.2, 0.25) is 0 Å². The predicted octanol–water partition coefficient (Wildman–Crippen LogP) is 0.730.